The fourth-order valence-corrected chi connectivity index (χ4v) is 1.86. The third-order valence-corrected chi connectivity index (χ3v) is 3.33. The highest BCUT2D eigenvalue weighted by Crippen LogP contribution is 2.34. The van der Waals surface area contributed by atoms with Crippen molar-refractivity contribution in [2.24, 2.45) is 5.92 Å². The summed E-state index contributed by atoms with van der Waals surface area (Å²) in [5, 5.41) is 2.70. The number of esters is 1. The highest BCUT2D eigenvalue weighted by molar-refractivity contribution is 5.93. The van der Waals surface area contributed by atoms with Crippen LogP contribution in [0.2, 0.25) is 0 Å². The van der Waals surface area contributed by atoms with Crippen molar-refractivity contribution in [1.29, 1.82) is 0 Å². The van der Waals surface area contributed by atoms with Gasteiger partial charge in [0.1, 0.15) is 6.10 Å². The average Bonchev–Trinajstić information content (AvgIpc) is 3.23. The molecule has 1 fully saturated rings. The van der Waals surface area contributed by atoms with Crippen LogP contribution in [0.25, 0.3) is 0 Å². The standard InChI is InChI=1S/C15H20N2O3/c1-10(11-7-8-11)20-14(18)12-5-4-6-13(9-12)16-15(19)17(2)3/h4-6,9-11H,7-8H2,1-3H3,(H,16,19)/t10-/m0/s1. The van der Waals surface area contributed by atoms with Crippen LogP contribution in [0.15, 0.2) is 24.3 Å². The second-order valence-electron chi connectivity index (χ2n) is 5.35. The van der Waals surface area contributed by atoms with Crippen molar-refractivity contribution >= 4 is 17.7 Å². The topological polar surface area (TPSA) is 58.6 Å². The number of amides is 2. The lowest BCUT2D eigenvalue weighted by atomic mass is 10.2. The SMILES string of the molecule is C[C@H](OC(=O)c1cccc(NC(=O)N(C)C)c1)C1CC1. The monoisotopic (exact) mass is 276 g/mol. The van der Waals surface area contributed by atoms with E-state index in [0.29, 0.717) is 17.2 Å². The Bertz CT molecular complexity index is 510. The third-order valence-electron chi connectivity index (χ3n) is 3.33. The number of nitrogens with zero attached hydrogens (tertiary/aromatic N) is 1. The second-order valence-corrected chi connectivity index (χ2v) is 5.35. The van der Waals surface area contributed by atoms with E-state index in [0.717, 1.165) is 12.8 Å². The Kier molecular flexibility index (Phi) is 4.27. The van der Waals surface area contributed by atoms with Crippen LogP contribution in [-0.4, -0.2) is 37.1 Å². The first kappa shape index (κ1) is 14.4. The van der Waals surface area contributed by atoms with Gasteiger partial charge in [0.15, 0.2) is 0 Å². The zero-order valence-electron chi connectivity index (χ0n) is 12.1. The van der Waals surface area contributed by atoms with Gasteiger partial charge in [-0.15, -0.1) is 0 Å². The number of carbonyl (C=O) groups excluding carboxylic acids is 2. The van der Waals surface area contributed by atoms with Crippen LogP contribution in [-0.2, 0) is 4.74 Å². The molecule has 0 aliphatic heterocycles. The lowest BCUT2D eigenvalue weighted by Gasteiger charge is -2.14. The minimum atomic E-state index is -0.342. The van der Waals surface area contributed by atoms with E-state index < -0.39 is 0 Å². The molecule has 0 heterocycles. The Balaban J connectivity index is 2.00. The number of carbonyl (C=O) groups is 2. The smallest absolute Gasteiger partial charge is 0.338 e. The van der Waals surface area contributed by atoms with Crippen LogP contribution in [0.5, 0.6) is 0 Å². The number of urea groups is 1. The first-order chi connectivity index (χ1) is 9.47. The van der Waals surface area contributed by atoms with Gasteiger partial charge in [-0.3, -0.25) is 0 Å². The van der Waals surface area contributed by atoms with E-state index in [1.165, 1.54) is 4.90 Å². The number of anilines is 1. The average molecular weight is 276 g/mol. The molecule has 5 nitrogen and oxygen atoms in total. The Morgan fingerprint density at radius 2 is 2.05 bits per heavy atom. The molecule has 1 saturated carbocycles. The summed E-state index contributed by atoms with van der Waals surface area (Å²) in [5.41, 5.74) is 1.03. The minimum absolute atomic E-state index is 0.0393. The van der Waals surface area contributed by atoms with Crippen LogP contribution in [0.3, 0.4) is 0 Å². The molecule has 1 aromatic carbocycles. The van der Waals surface area contributed by atoms with Crippen molar-refractivity contribution in [3.63, 3.8) is 0 Å². The molecule has 0 unspecified atom stereocenters. The maximum Gasteiger partial charge on any atom is 0.338 e. The molecule has 5 heteroatoms. The van der Waals surface area contributed by atoms with E-state index in [1.54, 1.807) is 38.4 Å². The first-order valence-corrected chi connectivity index (χ1v) is 6.76. The number of hydrogen-bond acceptors (Lipinski definition) is 3. The molecular formula is C15H20N2O3. The minimum Gasteiger partial charge on any atom is -0.459 e. The van der Waals surface area contributed by atoms with Gasteiger partial charge in [0.2, 0.25) is 0 Å². The molecule has 1 aliphatic rings. The number of rotatable bonds is 4. The van der Waals surface area contributed by atoms with Gasteiger partial charge < -0.3 is 15.0 Å². The highest BCUT2D eigenvalue weighted by atomic mass is 16.5. The van der Waals surface area contributed by atoms with Crippen molar-refractivity contribution in [1.82, 2.24) is 4.90 Å². The maximum absolute atomic E-state index is 12.0. The quantitative estimate of drug-likeness (QED) is 0.860. The fourth-order valence-electron chi connectivity index (χ4n) is 1.86. The molecule has 108 valence electrons. The van der Waals surface area contributed by atoms with Crippen LogP contribution < -0.4 is 5.32 Å². The Labute approximate surface area is 118 Å². The molecule has 2 amide bonds. The molecule has 1 aromatic rings. The summed E-state index contributed by atoms with van der Waals surface area (Å²) in [6, 6.07) is 6.55. The highest BCUT2D eigenvalue weighted by Gasteiger charge is 2.30. The van der Waals surface area contributed by atoms with Crippen LogP contribution in [0.4, 0.5) is 10.5 Å². The summed E-state index contributed by atoms with van der Waals surface area (Å²) in [4.78, 5) is 25.0. The molecule has 1 atom stereocenters. The van der Waals surface area contributed by atoms with E-state index in [-0.39, 0.29) is 18.1 Å². The van der Waals surface area contributed by atoms with Gasteiger partial charge in [0.25, 0.3) is 0 Å². The summed E-state index contributed by atoms with van der Waals surface area (Å²) in [7, 11) is 3.32. The summed E-state index contributed by atoms with van der Waals surface area (Å²) in [6.45, 7) is 1.92. The van der Waals surface area contributed by atoms with Gasteiger partial charge in [-0.1, -0.05) is 6.07 Å². The van der Waals surface area contributed by atoms with E-state index in [9.17, 15) is 9.59 Å². The maximum atomic E-state index is 12.0. The lowest BCUT2D eigenvalue weighted by Crippen LogP contribution is -2.27. The molecule has 20 heavy (non-hydrogen) atoms. The van der Waals surface area contributed by atoms with Crippen LogP contribution in [0.1, 0.15) is 30.1 Å². The molecule has 2 rings (SSSR count). The van der Waals surface area contributed by atoms with Crippen LogP contribution in [0, 0.1) is 5.92 Å². The second kappa shape index (κ2) is 5.94. The number of nitrogens with one attached hydrogen (secondary N) is 1. The van der Waals surface area contributed by atoms with Gasteiger partial charge in [0.05, 0.1) is 5.56 Å². The number of ether oxygens (including phenoxy) is 1. The molecular weight excluding hydrogens is 256 g/mol. The first-order valence-electron chi connectivity index (χ1n) is 6.76. The van der Waals surface area contributed by atoms with Crippen molar-refractivity contribution in [3.8, 4) is 0 Å². The summed E-state index contributed by atoms with van der Waals surface area (Å²) >= 11 is 0. The van der Waals surface area contributed by atoms with E-state index >= 15 is 0 Å². The number of benzene rings is 1. The summed E-state index contributed by atoms with van der Waals surface area (Å²) < 4.78 is 5.41. The Hall–Kier alpha value is -2.04. The van der Waals surface area contributed by atoms with E-state index in [4.69, 9.17) is 4.74 Å². The van der Waals surface area contributed by atoms with Gasteiger partial charge in [-0.2, -0.15) is 0 Å². The van der Waals surface area contributed by atoms with Crippen molar-refractivity contribution in [2.75, 3.05) is 19.4 Å². The Morgan fingerprint density at radius 1 is 1.35 bits per heavy atom. The zero-order chi connectivity index (χ0) is 14.7. The molecule has 1 N–H and O–H groups in total. The molecule has 0 bridgehead atoms. The third kappa shape index (κ3) is 3.73. The van der Waals surface area contributed by atoms with Crippen molar-refractivity contribution < 1.29 is 14.3 Å². The largest absolute Gasteiger partial charge is 0.459 e. The fraction of sp³-hybridized carbons (Fsp3) is 0.467. The molecule has 0 saturated heterocycles. The predicted molar refractivity (Wildman–Crippen MR) is 76.7 cm³/mol. The normalized spacial score (nSPS) is 15.3. The van der Waals surface area contributed by atoms with Gasteiger partial charge >= 0.3 is 12.0 Å². The van der Waals surface area contributed by atoms with Gasteiger partial charge in [-0.05, 0) is 43.9 Å². The molecule has 0 aromatic heterocycles. The predicted octanol–water partition coefficient (Wildman–Crippen LogP) is 2.74. The number of hydrogen-bond donors (Lipinski definition) is 1. The van der Waals surface area contributed by atoms with Crippen molar-refractivity contribution in [2.45, 2.75) is 25.9 Å². The lowest BCUT2D eigenvalue weighted by molar-refractivity contribution is 0.0294. The van der Waals surface area contributed by atoms with Crippen LogP contribution >= 0.6 is 0 Å². The van der Waals surface area contributed by atoms with Gasteiger partial charge in [-0.25, -0.2) is 9.59 Å². The molecule has 1 aliphatic carbocycles. The summed E-state index contributed by atoms with van der Waals surface area (Å²) in [5.74, 6) is 0.168. The van der Waals surface area contributed by atoms with Crippen molar-refractivity contribution in [3.05, 3.63) is 29.8 Å². The van der Waals surface area contributed by atoms with Gasteiger partial charge in [0, 0.05) is 19.8 Å². The Morgan fingerprint density at radius 3 is 2.65 bits per heavy atom. The van der Waals surface area contributed by atoms with E-state index in [2.05, 4.69) is 5.32 Å². The van der Waals surface area contributed by atoms with E-state index in [1.807, 2.05) is 6.92 Å². The zero-order valence-corrected chi connectivity index (χ0v) is 12.1. The molecule has 0 radical (unpaired) electrons. The summed E-state index contributed by atoms with van der Waals surface area (Å²) in [6.07, 6.45) is 2.23. The molecule has 0 spiro atoms.